The van der Waals surface area contributed by atoms with E-state index in [-0.39, 0.29) is 12.4 Å². The molecule has 0 amide bonds. The van der Waals surface area contributed by atoms with Gasteiger partial charge in [0.25, 0.3) is 0 Å². The van der Waals surface area contributed by atoms with Gasteiger partial charge in [0.2, 0.25) is 0 Å². The van der Waals surface area contributed by atoms with Crippen molar-refractivity contribution in [2.45, 2.75) is 33.0 Å². The molecule has 1 aromatic heterocycles. The van der Waals surface area contributed by atoms with Gasteiger partial charge >= 0.3 is 0 Å². The number of aryl methyl sites for hydroxylation is 2. The summed E-state index contributed by atoms with van der Waals surface area (Å²) in [5, 5.41) is 13.8. The van der Waals surface area contributed by atoms with Crippen molar-refractivity contribution in [3.63, 3.8) is 0 Å². The highest BCUT2D eigenvalue weighted by Crippen LogP contribution is 2.26. The van der Waals surface area contributed by atoms with E-state index in [0.717, 1.165) is 22.3 Å². The quantitative estimate of drug-likeness (QED) is 0.891. The summed E-state index contributed by atoms with van der Waals surface area (Å²) in [6, 6.07) is 4.47. The molecule has 4 nitrogen and oxygen atoms in total. The number of aliphatic hydroxyl groups is 1. The van der Waals surface area contributed by atoms with Gasteiger partial charge in [-0.15, -0.1) is 0 Å². The Kier molecular flexibility index (Phi) is 5.00. The van der Waals surface area contributed by atoms with Crippen LogP contribution in [0.1, 0.15) is 36.9 Å². The SMILES string of the molecule is CCc1nn(C)c(COc2ccc(C(C)O)cc2F)c1Br. The summed E-state index contributed by atoms with van der Waals surface area (Å²) in [5.74, 6) is -0.326. The Morgan fingerprint density at radius 1 is 1.48 bits per heavy atom. The van der Waals surface area contributed by atoms with Crippen LogP contribution in [0.15, 0.2) is 22.7 Å². The molecular formula is C15H18BrFN2O2. The predicted molar refractivity (Wildman–Crippen MR) is 81.7 cm³/mol. The zero-order valence-corrected chi connectivity index (χ0v) is 13.8. The molecule has 0 saturated carbocycles. The largest absolute Gasteiger partial charge is 0.484 e. The average Bonchev–Trinajstić information content (AvgIpc) is 2.72. The third-order valence-corrected chi connectivity index (χ3v) is 4.22. The van der Waals surface area contributed by atoms with Gasteiger partial charge in [-0.1, -0.05) is 13.0 Å². The molecular weight excluding hydrogens is 339 g/mol. The Hall–Kier alpha value is -1.40. The molecule has 1 N–H and O–H groups in total. The van der Waals surface area contributed by atoms with Gasteiger partial charge in [-0.3, -0.25) is 4.68 Å². The monoisotopic (exact) mass is 356 g/mol. The molecule has 6 heteroatoms. The topological polar surface area (TPSA) is 47.3 Å². The molecule has 1 atom stereocenters. The molecule has 1 aromatic carbocycles. The molecule has 0 spiro atoms. The van der Waals surface area contributed by atoms with Gasteiger partial charge in [-0.05, 0) is 47.0 Å². The molecule has 114 valence electrons. The van der Waals surface area contributed by atoms with Crippen molar-refractivity contribution in [3.8, 4) is 5.75 Å². The molecule has 0 bridgehead atoms. The Bertz CT molecular complexity index is 641. The van der Waals surface area contributed by atoms with E-state index in [4.69, 9.17) is 4.74 Å². The standard InChI is InChI=1S/C15H18BrFN2O2/c1-4-12-15(16)13(19(3)18-12)8-21-14-6-5-10(9(2)20)7-11(14)17/h5-7,9,20H,4,8H2,1-3H3. The summed E-state index contributed by atoms with van der Waals surface area (Å²) in [5.41, 5.74) is 2.32. The minimum Gasteiger partial charge on any atom is -0.484 e. The van der Waals surface area contributed by atoms with Crippen LogP contribution in [0.2, 0.25) is 0 Å². The van der Waals surface area contributed by atoms with Gasteiger partial charge < -0.3 is 9.84 Å². The van der Waals surface area contributed by atoms with Crippen LogP contribution in [0.4, 0.5) is 4.39 Å². The number of nitrogens with zero attached hydrogens (tertiary/aromatic N) is 2. The van der Waals surface area contributed by atoms with E-state index in [1.165, 1.54) is 12.1 Å². The number of benzene rings is 1. The van der Waals surface area contributed by atoms with Crippen molar-refractivity contribution in [2.75, 3.05) is 0 Å². The zero-order valence-electron chi connectivity index (χ0n) is 12.2. The van der Waals surface area contributed by atoms with E-state index in [2.05, 4.69) is 21.0 Å². The van der Waals surface area contributed by atoms with Crippen LogP contribution in [0, 0.1) is 5.82 Å². The Morgan fingerprint density at radius 2 is 2.19 bits per heavy atom. The first-order valence-corrected chi connectivity index (χ1v) is 7.53. The lowest BCUT2D eigenvalue weighted by atomic mass is 10.1. The number of halogens is 2. The lowest BCUT2D eigenvalue weighted by Gasteiger charge is -2.10. The van der Waals surface area contributed by atoms with E-state index in [0.29, 0.717) is 5.56 Å². The highest BCUT2D eigenvalue weighted by atomic mass is 79.9. The third-order valence-electron chi connectivity index (χ3n) is 3.31. The van der Waals surface area contributed by atoms with Gasteiger partial charge in [0.1, 0.15) is 6.61 Å². The second kappa shape index (κ2) is 6.58. The lowest BCUT2D eigenvalue weighted by Crippen LogP contribution is -2.05. The fraction of sp³-hybridized carbons (Fsp3) is 0.400. The summed E-state index contributed by atoms with van der Waals surface area (Å²) in [6.45, 7) is 3.83. The van der Waals surface area contributed by atoms with Crippen molar-refractivity contribution < 1.29 is 14.2 Å². The molecule has 0 fully saturated rings. The molecule has 0 aliphatic rings. The fourth-order valence-electron chi connectivity index (χ4n) is 2.02. The molecule has 2 aromatic rings. The Balaban J connectivity index is 2.15. The number of ether oxygens (including phenoxy) is 1. The van der Waals surface area contributed by atoms with Crippen LogP contribution < -0.4 is 4.74 Å². The fourth-order valence-corrected chi connectivity index (χ4v) is 2.75. The van der Waals surface area contributed by atoms with Gasteiger partial charge in [-0.2, -0.15) is 5.10 Å². The van der Waals surface area contributed by atoms with E-state index < -0.39 is 11.9 Å². The van der Waals surface area contributed by atoms with Crippen LogP contribution in [0.3, 0.4) is 0 Å². The van der Waals surface area contributed by atoms with Gasteiger partial charge in [0, 0.05) is 7.05 Å². The summed E-state index contributed by atoms with van der Waals surface area (Å²) >= 11 is 3.49. The minimum absolute atomic E-state index is 0.158. The number of aliphatic hydroxyl groups excluding tert-OH is 1. The summed E-state index contributed by atoms with van der Waals surface area (Å²) in [6.07, 6.45) is 0.109. The molecule has 0 saturated heterocycles. The normalized spacial score (nSPS) is 12.5. The van der Waals surface area contributed by atoms with Crippen LogP contribution in [0.25, 0.3) is 0 Å². The number of hydrogen-bond donors (Lipinski definition) is 1. The van der Waals surface area contributed by atoms with Crippen molar-refractivity contribution in [3.05, 3.63) is 45.4 Å². The predicted octanol–water partition coefficient (Wildman–Crippen LogP) is 3.52. The minimum atomic E-state index is -0.702. The molecule has 0 aliphatic heterocycles. The maximum absolute atomic E-state index is 13.9. The Labute approximate surface area is 131 Å². The second-order valence-corrected chi connectivity index (χ2v) is 5.63. The van der Waals surface area contributed by atoms with Crippen molar-refractivity contribution in [2.24, 2.45) is 7.05 Å². The van der Waals surface area contributed by atoms with Crippen LogP contribution in [-0.4, -0.2) is 14.9 Å². The van der Waals surface area contributed by atoms with Crippen molar-refractivity contribution in [1.82, 2.24) is 9.78 Å². The summed E-state index contributed by atoms with van der Waals surface area (Å²) in [4.78, 5) is 0. The maximum Gasteiger partial charge on any atom is 0.165 e. The van der Waals surface area contributed by atoms with Gasteiger partial charge in [0.15, 0.2) is 11.6 Å². The highest BCUT2D eigenvalue weighted by Gasteiger charge is 2.14. The first-order valence-electron chi connectivity index (χ1n) is 6.74. The molecule has 2 rings (SSSR count). The smallest absolute Gasteiger partial charge is 0.165 e. The maximum atomic E-state index is 13.9. The molecule has 0 radical (unpaired) electrons. The molecule has 1 unspecified atom stereocenters. The Morgan fingerprint density at radius 3 is 2.71 bits per heavy atom. The molecule has 0 aliphatic carbocycles. The van der Waals surface area contributed by atoms with Crippen molar-refractivity contribution >= 4 is 15.9 Å². The van der Waals surface area contributed by atoms with E-state index in [1.807, 2.05) is 14.0 Å². The third kappa shape index (κ3) is 3.44. The first kappa shape index (κ1) is 16.0. The number of aromatic nitrogens is 2. The first-order chi connectivity index (χ1) is 9.93. The van der Waals surface area contributed by atoms with Crippen molar-refractivity contribution in [1.29, 1.82) is 0 Å². The van der Waals surface area contributed by atoms with Crippen LogP contribution in [-0.2, 0) is 20.1 Å². The molecule has 21 heavy (non-hydrogen) atoms. The van der Waals surface area contributed by atoms with E-state index >= 15 is 0 Å². The lowest BCUT2D eigenvalue weighted by molar-refractivity contribution is 0.198. The molecule has 1 heterocycles. The second-order valence-electron chi connectivity index (χ2n) is 4.84. The summed E-state index contributed by atoms with van der Waals surface area (Å²) in [7, 11) is 1.83. The van der Waals surface area contributed by atoms with E-state index in [1.54, 1.807) is 17.7 Å². The van der Waals surface area contributed by atoms with Gasteiger partial charge in [-0.25, -0.2) is 4.39 Å². The summed E-state index contributed by atoms with van der Waals surface area (Å²) < 4.78 is 22.1. The van der Waals surface area contributed by atoms with Gasteiger partial charge in [0.05, 0.1) is 22.0 Å². The highest BCUT2D eigenvalue weighted by molar-refractivity contribution is 9.10. The van der Waals surface area contributed by atoms with Crippen LogP contribution >= 0.6 is 15.9 Å². The van der Waals surface area contributed by atoms with E-state index in [9.17, 15) is 9.50 Å². The number of rotatable bonds is 5. The van der Waals surface area contributed by atoms with Crippen LogP contribution in [0.5, 0.6) is 5.75 Å². The number of hydrogen-bond acceptors (Lipinski definition) is 3. The average molecular weight is 357 g/mol. The zero-order chi connectivity index (χ0) is 15.6.